The van der Waals surface area contributed by atoms with E-state index in [1.807, 2.05) is 0 Å². The van der Waals surface area contributed by atoms with Gasteiger partial charge in [-0.25, -0.2) is 0 Å². The predicted molar refractivity (Wildman–Crippen MR) is 114 cm³/mol. The molecular weight excluding hydrogens is 393 g/mol. The molecule has 0 aliphatic carbocycles. The molecular formula is C21H41IN+. The van der Waals surface area contributed by atoms with Crippen molar-refractivity contribution in [1.82, 2.24) is 0 Å². The molecule has 1 nitrogen and oxygen atoms in total. The van der Waals surface area contributed by atoms with Crippen LogP contribution in [0.15, 0.2) is 0 Å². The third-order valence-electron chi connectivity index (χ3n) is 5.16. The molecule has 0 saturated carbocycles. The summed E-state index contributed by atoms with van der Waals surface area (Å²) in [6.45, 7) is 10.6. The van der Waals surface area contributed by atoms with E-state index in [1.54, 1.807) is 0 Å². The SMILES string of the molecule is C#CC(I)[N+](CC)(CCCCCCCC)CCCCCCCC. The van der Waals surface area contributed by atoms with Crippen molar-refractivity contribution in [2.75, 3.05) is 19.6 Å². The standard InChI is InChI=1S/C21H41IN/c1-5-9-11-13-15-17-19-23(8-4,21(22)7-3)20-18-16-14-12-10-6-2/h3,21H,5-6,8-20H2,1-2,4H3/q+1. The maximum Gasteiger partial charge on any atom is 0.200 e. The first-order chi connectivity index (χ1) is 11.2. The van der Waals surface area contributed by atoms with Gasteiger partial charge < -0.3 is 4.48 Å². The minimum absolute atomic E-state index is 0.337. The van der Waals surface area contributed by atoms with Crippen molar-refractivity contribution in [3.63, 3.8) is 0 Å². The van der Waals surface area contributed by atoms with E-state index in [0.29, 0.717) is 4.05 Å². The summed E-state index contributed by atoms with van der Waals surface area (Å²) in [6.07, 6.45) is 22.3. The summed E-state index contributed by atoms with van der Waals surface area (Å²) < 4.78 is 1.47. The summed E-state index contributed by atoms with van der Waals surface area (Å²) in [5.74, 6) is 3.04. The highest BCUT2D eigenvalue weighted by molar-refractivity contribution is 14.1. The van der Waals surface area contributed by atoms with Crippen LogP contribution in [-0.4, -0.2) is 28.2 Å². The molecule has 1 atom stereocenters. The monoisotopic (exact) mass is 434 g/mol. The van der Waals surface area contributed by atoms with E-state index in [9.17, 15) is 0 Å². The molecule has 0 amide bonds. The zero-order chi connectivity index (χ0) is 17.4. The van der Waals surface area contributed by atoms with Crippen molar-refractivity contribution in [3.05, 3.63) is 0 Å². The van der Waals surface area contributed by atoms with Gasteiger partial charge in [-0.3, -0.25) is 0 Å². The fourth-order valence-corrected chi connectivity index (χ4v) is 4.34. The molecule has 0 aliphatic rings. The number of terminal acetylenes is 1. The van der Waals surface area contributed by atoms with Gasteiger partial charge in [0, 0.05) is 22.6 Å². The number of quaternary nitrogens is 1. The normalized spacial score (nSPS) is 13.0. The third kappa shape index (κ3) is 10.7. The Balaban J connectivity index is 4.22. The van der Waals surface area contributed by atoms with Crippen LogP contribution in [0.4, 0.5) is 0 Å². The van der Waals surface area contributed by atoms with Crippen molar-refractivity contribution in [1.29, 1.82) is 0 Å². The molecule has 0 radical (unpaired) electrons. The van der Waals surface area contributed by atoms with Gasteiger partial charge in [0.2, 0.25) is 4.05 Å². The van der Waals surface area contributed by atoms with Gasteiger partial charge in [-0.1, -0.05) is 65.2 Å². The van der Waals surface area contributed by atoms with Crippen LogP contribution in [0.5, 0.6) is 0 Å². The molecule has 136 valence electrons. The Bertz CT molecular complexity index is 279. The average molecular weight is 434 g/mol. The lowest BCUT2D eigenvalue weighted by atomic mass is 10.1. The van der Waals surface area contributed by atoms with E-state index in [1.165, 1.54) is 96.7 Å². The number of nitrogens with zero attached hydrogens (tertiary/aromatic N) is 1. The Morgan fingerprint density at radius 3 is 1.48 bits per heavy atom. The zero-order valence-electron chi connectivity index (χ0n) is 16.1. The van der Waals surface area contributed by atoms with Crippen LogP contribution in [0.25, 0.3) is 0 Å². The molecule has 0 aromatic carbocycles. The van der Waals surface area contributed by atoms with Gasteiger partial charge in [0.1, 0.15) is 0 Å². The van der Waals surface area contributed by atoms with Crippen LogP contribution < -0.4 is 0 Å². The Kier molecular flexibility index (Phi) is 15.9. The molecule has 0 heterocycles. The minimum Gasteiger partial charge on any atom is -0.303 e. The molecule has 0 aromatic rings. The number of rotatable bonds is 16. The second kappa shape index (κ2) is 15.8. The number of halogens is 1. The molecule has 0 rings (SSSR count). The predicted octanol–water partition coefficient (Wildman–Crippen LogP) is 6.94. The molecule has 0 aromatic heterocycles. The first-order valence-electron chi connectivity index (χ1n) is 10.1. The van der Waals surface area contributed by atoms with Crippen LogP contribution in [0.2, 0.25) is 0 Å². The summed E-state index contributed by atoms with van der Waals surface area (Å²) in [7, 11) is 0. The Labute approximate surface area is 160 Å². The number of hydrogen-bond acceptors (Lipinski definition) is 0. The van der Waals surface area contributed by atoms with Crippen LogP contribution in [0.1, 0.15) is 97.8 Å². The van der Waals surface area contributed by atoms with Gasteiger partial charge in [0.25, 0.3) is 0 Å². The summed E-state index contributed by atoms with van der Waals surface area (Å²) >= 11 is 2.51. The Morgan fingerprint density at radius 2 is 1.13 bits per heavy atom. The lowest BCUT2D eigenvalue weighted by molar-refractivity contribution is -0.925. The maximum absolute atomic E-state index is 5.80. The summed E-state index contributed by atoms with van der Waals surface area (Å²) in [5, 5.41) is 0. The first-order valence-corrected chi connectivity index (χ1v) is 11.4. The molecule has 2 heteroatoms. The fourth-order valence-electron chi connectivity index (χ4n) is 3.39. The van der Waals surface area contributed by atoms with Gasteiger partial charge >= 0.3 is 0 Å². The van der Waals surface area contributed by atoms with E-state index in [4.69, 9.17) is 6.42 Å². The van der Waals surface area contributed by atoms with E-state index < -0.39 is 0 Å². The van der Waals surface area contributed by atoms with Crippen LogP contribution in [0.3, 0.4) is 0 Å². The van der Waals surface area contributed by atoms with Gasteiger partial charge in [-0.2, -0.15) is 0 Å². The lowest BCUT2D eigenvalue weighted by Gasteiger charge is -2.40. The van der Waals surface area contributed by atoms with Gasteiger partial charge in [0.05, 0.1) is 19.6 Å². The smallest absolute Gasteiger partial charge is 0.200 e. The summed E-state index contributed by atoms with van der Waals surface area (Å²) in [6, 6.07) is 0. The van der Waals surface area contributed by atoms with Crippen molar-refractivity contribution in [2.45, 2.75) is 102 Å². The fraction of sp³-hybridized carbons (Fsp3) is 0.905. The number of unbranched alkanes of at least 4 members (excludes halogenated alkanes) is 10. The van der Waals surface area contributed by atoms with Crippen LogP contribution in [-0.2, 0) is 0 Å². The molecule has 0 N–H and O–H groups in total. The largest absolute Gasteiger partial charge is 0.303 e. The highest BCUT2D eigenvalue weighted by Gasteiger charge is 2.31. The highest BCUT2D eigenvalue weighted by atomic mass is 127. The maximum atomic E-state index is 5.80. The van der Waals surface area contributed by atoms with Crippen LogP contribution in [0, 0.1) is 12.3 Å². The van der Waals surface area contributed by atoms with E-state index in [2.05, 4.69) is 49.3 Å². The van der Waals surface area contributed by atoms with Crippen molar-refractivity contribution in [3.8, 4) is 12.3 Å². The van der Waals surface area contributed by atoms with Crippen molar-refractivity contribution < 1.29 is 4.48 Å². The summed E-state index contributed by atoms with van der Waals surface area (Å²) in [5.41, 5.74) is 0. The Hall–Kier alpha value is 0.250. The number of alkyl halides is 1. The van der Waals surface area contributed by atoms with Crippen molar-refractivity contribution >= 4 is 22.6 Å². The second-order valence-electron chi connectivity index (χ2n) is 7.02. The average Bonchev–Trinajstić information content (AvgIpc) is 2.58. The molecule has 23 heavy (non-hydrogen) atoms. The van der Waals surface area contributed by atoms with E-state index in [0.717, 1.165) is 4.48 Å². The van der Waals surface area contributed by atoms with Gasteiger partial charge in [0.15, 0.2) is 0 Å². The third-order valence-corrected chi connectivity index (χ3v) is 6.70. The Morgan fingerprint density at radius 1 is 0.739 bits per heavy atom. The summed E-state index contributed by atoms with van der Waals surface area (Å²) in [4.78, 5) is 0. The second-order valence-corrected chi connectivity index (χ2v) is 8.20. The molecule has 1 unspecified atom stereocenters. The molecule has 0 spiro atoms. The van der Waals surface area contributed by atoms with Gasteiger partial charge in [-0.05, 0) is 38.5 Å². The molecule has 0 fully saturated rings. The molecule has 0 aliphatic heterocycles. The van der Waals surface area contributed by atoms with Gasteiger partial charge in [-0.15, -0.1) is 6.42 Å². The molecule has 0 saturated heterocycles. The first kappa shape index (κ1) is 23.2. The molecule has 0 bridgehead atoms. The minimum atomic E-state index is 0.337. The van der Waals surface area contributed by atoms with E-state index in [-0.39, 0.29) is 0 Å². The number of hydrogen-bond donors (Lipinski definition) is 0. The van der Waals surface area contributed by atoms with E-state index >= 15 is 0 Å². The van der Waals surface area contributed by atoms with Crippen LogP contribution >= 0.6 is 22.6 Å². The quantitative estimate of drug-likeness (QED) is 0.0617. The highest BCUT2D eigenvalue weighted by Crippen LogP contribution is 2.23. The topological polar surface area (TPSA) is 0 Å². The lowest BCUT2D eigenvalue weighted by Crippen LogP contribution is -2.53. The zero-order valence-corrected chi connectivity index (χ0v) is 18.2. The van der Waals surface area contributed by atoms with Crippen molar-refractivity contribution in [2.24, 2.45) is 0 Å².